The molecule has 0 radical (unpaired) electrons. The lowest BCUT2D eigenvalue weighted by atomic mass is 9.88. The molecule has 5 nitrogen and oxygen atoms in total. The minimum absolute atomic E-state index is 0.173. The van der Waals surface area contributed by atoms with Crippen LogP contribution in [-0.2, 0) is 9.47 Å². The number of benzene rings is 1. The molecule has 1 N–H and O–H groups in total. The lowest BCUT2D eigenvalue weighted by molar-refractivity contribution is -0.167. The number of ether oxygens (including phenoxy) is 4. The number of aliphatic hydroxyl groups is 1. The summed E-state index contributed by atoms with van der Waals surface area (Å²) in [4.78, 5) is 0. The largest absolute Gasteiger partial charge is 0.496 e. The summed E-state index contributed by atoms with van der Waals surface area (Å²) in [6.45, 7) is 0.930. The van der Waals surface area contributed by atoms with E-state index in [1.807, 2.05) is 12.1 Å². The van der Waals surface area contributed by atoms with E-state index in [0.29, 0.717) is 25.4 Å². The molecule has 0 aliphatic heterocycles. The zero-order valence-corrected chi connectivity index (χ0v) is 15.0. The Balaban J connectivity index is 1.99. The lowest BCUT2D eigenvalue weighted by Crippen LogP contribution is -2.55. The molecule has 0 aromatic heterocycles. The summed E-state index contributed by atoms with van der Waals surface area (Å²) in [5.74, 6) is 1.40. The Morgan fingerprint density at radius 3 is 2.43 bits per heavy atom. The highest BCUT2D eigenvalue weighted by atomic mass is 79.9. The van der Waals surface area contributed by atoms with E-state index in [4.69, 9.17) is 18.9 Å². The summed E-state index contributed by atoms with van der Waals surface area (Å²) in [7, 11) is 3.22. The third-order valence-corrected chi connectivity index (χ3v) is 4.54. The van der Waals surface area contributed by atoms with Crippen LogP contribution in [0.5, 0.6) is 11.5 Å². The van der Waals surface area contributed by atoms with Crippen molar-refractivity contribution < 1.29 is 24.1 Å². The standard InChI is InChI=1S/C14H18Br2O5/c1-18-3-4-20-14-10(17)7-13(14)21-12-6-8(15)11(19-2)5-9(12)16/h5-6,10,13-14,17H,3-4,7H2,1-2H3. The van der Waals surface area contributed by atoms with Gasteiger partial charge in [-0.25, -0.2) is 0 Å². The van der Waals surface area contributed by atoms with Crippen LogP contribution in [0.2, 0.25) is 0 Å². The molecule has 1 aromatic carbocycles. The molecular weight excluding hydrogens is 408 g/mol. The molecular formula is C14H18Br2O5. The molecule has 1 saturated carbocycles. The number of hydrogen-bond acceptors (Lipinski definition) is 5. The zero-order chi connectivity index (χ0) is 15.4. The molecule has 2 rings (SSSR count). The number of aliphatic hydroxyl groups excluding tert-OH is 1. The number of methoxy groups -OCH3 is 2. The Kier molecular flexibility index (Phi) is 6.31. The van der Waals surface area contributed by atoms with Crippen molar-refractivity contribution in [2.45, 2.75) is 24.7 Å². The molecule has 0 heterocycles. The Hall–Kier alpha value is -0.340. The molecule has 0 bridgehead atoms. The van der Waals surface area contributed by atoms with Gasteiger partial charge in [-0.05, 0) is 44.0 Å². The summed E-state index contributed by atoms with van der Waals surface area (Å²) in [5, 5.41) is 9.77. The summed E-state index contributed by atoms with van der Waals surface area (Å²) in [6, 6.07) is 3.66. The Morgan fingerprint density at radius 2 is 1.81 bits per heavy atom. The first-order valence-corrected chi connectivity index (χ1v) is 8.13. The summed E-state index contributed by atoms with van der Waals surface area (Å²) in [5.41, 5.74) is 0. The van der Waals surface area contributed by atoms with Gasteiger partial charge in [0.2, 0.25) is 0 Å². The van der Waals surface area contributed by atoms with E-state index in [0.717, 1.165) is 14.7 Å². The van der Waals surface area contributed by atoms with E-state index < -0.39 is 6.10 Å². The third-order valence-electron chi connectivity index (χ3n) is 3.30. The topological polar surface area (TPSA) is 57.2 Å². The summed E-state index contributed by atoms with van der Waals surface area (Å²) in [6.07, 6.45) is -0.443. The van der Waals surface area contributed by atoms with Crippen LogP contribution in [0.1, 0.15) is 6.42 Å². The van der Waals surface area contributed by atoms with Gasteiger partial charge in [0.15, 0.2) is 0 Å². The van der Waals surface area contributed by atoms with Crippen molar-refractivity contribution in [2.24, 2.45) is 0 Å². The SMILES string of the molecule is COCCOC1C(O)CC1Oc1cc(Br)c(OC)cc1Br. The Morgan fingerprint density at radius 1 is 1.14 bits per heavy atom. The second kappa shape index (κ2) is 7.78. The first-order chi connectivity index (χ1) is 10.1. The van der Waals surface area contributed by atoms with E-state index in [1.54, 1.807) is 14.2 Å². The van der Waals surface area contributed by atoms with Crippen molar-refractivity contribution in [3.63, 3.8) is 0 Å². The van der Waals surface area contributed by atoms with Gasteiger partial charge < -0.3 is 24.1 Å². The van der Waals surface area contributed by atoms with Gasteiger partial charge in [-0.3, -0.25) is 0 Å². The van der Waals surface area contributed by atoms with Gasteiger partial charge in [-0.15, -0.1) is 0 Å². The molecule has 0 amide bonds. The summed E-state index contributed by atoms with van der Waals surface area (Å²) < 4.78 is 23.2. The Labute approximate surface area is 140 Å². The molecule has 1 aliphatic rings. The van der Waals surface area contributed by atoms with Gasteiger partial charge in [0.25, 0.3) is 0 Å². The van der Waals surface area contributed by atoms with Crippen molar-refractivity contribution in [3.05, 3.63) is 21.1 Å². The summed E-state index contributed by atoms with van der Waals surface area (Å²) >= 11 is 6.88. The zero-order valence-electron chi connectivity index (χ0n) is 11.8. The van der Waals surface area contributed by atoms with Crippen LogP contribution in [-0.4, -0.2) is 50.9 Å². The monoisotopic (exact) mass is 424 g/mol. The fraction of sp³-hybridized carbons (Fsp3) is 0.571. The molecule has 1 aromatic rings. The van der Waals surface area contributed by atoms with Crippen LogP contribution in [0.25, 0.3) is 0 Å². The maximum atomic E-state index is 9.77. The maximum Gasteiger partial charge on any atom is 0.135 e. The minimum atomic E-state index is -0.493. The van der Waals surface area contributed by atoms with Crippen molar-refractivity contribution in [1.82, 2.24) is 0 Å². The fourth-order valence-electron chi connectivity index (χ4n) is 2.08. The molecule has 7 heteroatoms. The second-order valence-electron chi connectivity index (χ2n) is 4.70. The van der Waals surface area contributed by atoms with E-state index in [-0.39, 0.29) is 12.2 Å². The number of rotatable bonds is 7. The highest BCUT2D eigenvalue weighted by Crippen LogP contribution is 2.38. The predicted molar refractivity (Wildman–Crippen MR) is 85.0 cm³/mol. The molecule has 0 saturated heterocycles. The molecule has 21 heavy (non-hydrogen) atoms. The van der Waals surface area contributed by atoms with E-state index in [9.17, 15) is 5.11 Å². The first kappa shape index (κ1) is 17.0. The average molecular weight is 426 g/mol. The second-order valence-corrected chi connectivity index (χ2v) is 6.41. The first-order valence-electron chi connectivity index (χ1n) is 6.55. The average Bonchev–Trinajstić information content (AvgIpc) is 2.46. The predicted octanol–water partition coefficient (Wildman–Crippen LogP) is 2.76. The third kappa shape index (κ3) is 4.10. The normalized spacial score (nSPS) is 24.5. The highest BCUT2D eigenvalue weighted by molar-refractivity contribution is 9.11. The van der Waals surface area contributed by atoms with Crippen molar-refractivity contribution in [1.29, 1.82) is 0 Å². The Bertz CT molecular complexity index is 483. The quantitative estimate of drug-likeness (QED) is 0.680. The van der Waals surface area contributed by atoms with E-state index >= 15 is 0 Å². The van der Waals surface area contributed by atoms with Crippen LogP contribution >= 0.6 is 31.9 Å². The van der Waals surface area contributed by atoms with Crippen molar-refractivity contribution in [2.75, 3.05) is 27.4 Å². The minimum Gasteiger partial charge on any atom is -0.496 e. The van der Waals surface area contributed by atoms with Gasteiger partial charge in [-0.1, -0.05) is 0 Å². The van der Waals surface area contributed by atoms with E-state index in [1.165, 1.54) is 0 Å². The molecule has 1 aliphatic carbocycles. The number of hydrogen-bond donors (Lipinski definition) is 1. The lowest BCUT2D eigenvalue weighted by Gasteiger charge is -2.41. The molecule has 0 spiro atoms. The van der Waals surface area contributed by atoms with Crippen LogP contribution in [0.15, 0.2) is 21.1 Å². The van der Waals surface area contributed by atoms with Gasteiger partial charge in [0.1, 0.15) is 23.7 Å². The number of halogens is 2. The van der Waals surface area contributed by atoms with Gasteiger partial charge in [-0.2, -0.15) is 0 Å². The maximum absolute atomic E-state index is 9.77. The van der Waals surface area contributed by atoms with Crippen LogP contribution < -0.4 is 9.47 Å². The van der Waals surface area contributed by atoms with Crippen LogP contribution in [0.3, 0.4) is 0 Å². The molecule has 3 atom stereocenters. The van der Waals surface area contributed by atoms with Gasteiger partial charge in [0.05, 0.1) is 35.4 Å². The van der Waals surface area contributed by atoms with Crippen molar-refractivity contribution in [3.8, 4) is 11.5 Å². The van der Waals surface area contributed by atoms with Crippen LogP contribution in [0.4, 0.5) is 0 Å². The smallest absolute Gasteiger partial charge is 0.135 e. The van der Waals surface area contributed by atoms with Crippen LogP contribution in [0, 0.1) is 0 Å². The van der Waals surface area contributed by atoms with E-state index in [2.05, 4.69) is 31.9 Å². The fourth-order valence-corrected chi connectivity index (χ4v) is 2.98. The molecule has 1 fully saturated rings. The molecule has 3 unspecified atom stereocenters. The van der Waals surface area contributed by atoms with Gasteiger partial charge in [0, 0.05) is 13.5 Å². The van der Waals surface area contributed by atoms with Crippen molar-refractivity contribution >= 4 is 31.9 Å². The molecule has 118 valence electrons. The highest BCUT2D eigenvalue weighted by Gasteiger charge is 2.43. The van der Waals surface area contributed by atoms with Gasteiger partial charge >= 0.3 is 0 Å².